The van der Waals surface area contributed by atoms with Crippen LogP contribution in [0, 0.1) is 0 Å². The molecule has 0 unspecified atom stereocenters. The molecule has 0 saturated heterocycles. The topological polar surface area (TPSA) is 38.2 Å². The molecule has 118 valence electrons. The average Bonchev–Trinajstić information content (AvgIpc) is 3.14. The van der Waals surface area contributed by atoms with E-state index in [4.69, 9.17) is 0 Å². The van der Waals surface area contributed by atoms with Gasteiger partial charge in [0.05, 0.1) is 0 Å². The van der Waals surface area contributed by atoms with Crippen molar-refractivity contribution in [2.24, 2.45) is 0 Å². The van der Waals surface area contributed by atoms with Crippen LogP contribution in [-0.4, -0.2) is 22.8 Å². The summed E-state index contributed by atoms with van der Waals surface area (Å²) in [6.07, 6.45) is -2.41. The molecule has 1 heterocycles. The molecular weight excluding hydrogens is 315 g/mol. The van der Waals surface area contributed by atoms with Crippen LogP contribution in [0.5, 0.6) is 5.75 Å². The normalized spacial score (nSPS) is 14.9. The first-order chi connectivity index (χ1) is 10.4. The van der Waals surface area contributed by atoms with Crippen molar-refractivity contribution in [1.29, 1.82) is 0 Å². The Kier molecular flexibility index (Phi) is 3.94. The first kappa shape index (κ1) is 15.1. The second-order valence-corrected chi connectivity index (χ2v) is 5.99. The maximum absolute atomic E-state index is 12.2. The Labute approximate surface area is 129 Å². The Hall–Kier alpha value is -1.83. The van der Waals surface area contributed by atoms with Gasteiger partial charge in [-0.15, -0.1) is 13.2 Å². The summed E-state index contributed by atoms with van der Waals surface area (Å²) in [5.74, 6) is 1.15. The van der Waals surface area contributed by atoms with Crippen LogP contribution in [0.1, 0.15) is 30.1 Å². The molecule has 0 atom stereocenters. The van der Waals surface area contributed by atoms with Gasteiger partial charge in [-0.2, -0.15) is 4.37 Å². The summed E-state index contributed by atoms with van der Waals surface area (Å²) in [5, 5.41) is 0.768. The third-order valence-electron chi connectivity index (χ3n) is 3.25. The lowest BCUT2D eigenvalue weighted by Gasteiger charge is -2.16. The molecule has 1 aromatic carbocycles. The van der Waals surface area contributed by atoms with Crippen LogP contribution in [0.3, 0.4) is 0 Å². The highest BCUT2D eigenvalue weighted by molar-refractivity contribution is 7.09. The summed E-state index contributed by atoms with van der Waals surface area (Å²) in [7, 11) is 1.84. The molecule has 2 aromatic rings. The van der Waals surface area contributed by atoms with Crippen LogP contribution in [0.25, 0.3) is 0 Å². The Morgan fingerprint density at radius 3 is 2.82 bits per heavy atom. The predicted octanol–water partition coefficient (Wildman–Crippen LogP) is 3.95. The Morgan fingerprint density at radius 2 is 2.14 bits per heavy atom. The highest BCUT2D eigenvalue weighted by Gasteiger charge is 2.31. The lowest BCUT2D eigenvalue weighted by molar-refractivity contribution is -0.274. The largest absolute Gasteiger partial charge is 0.573 e. The van der Waals surface area contributed by atoms with Gasteiger partial charge in [0.25, 0.3) is 0 Å². The van der Waals surface area contributed by atoms with E-state index in [1.54, 1.807) is 12.1 Å². The van der Waals surface area contributed by atoms with Gasteiger partial charge in [0, 0.05) is 31.0 Å². The summed E-state index contributed by atoms with van der Waals surface area (Å²) in [4.78, 5) is 6.34. The Bertz CT molecular complexity index is 655. The van der Waals surface area contributed by atoms with Crippen molar-refractivity contribution in [3.8, 4) is 5.75 Å². The van der Waals surface area contributed by atoms with E-state index in [0.717, 1.165) is 23.8 Å². The second kappa shape index (κ2) is 5.75. The van der Waals surface area contributed by atoms with Crippen LogP contribution in [-0.2, 0) is 6.54 Å². The van der Waals surface area contributed by atoms with E-state index in [0.29, 0.717) is 18.0 Å². The van der Waals surface area contributed by atoms with Gasteiger partial charge in [-0.25, -0.2) is 4.98 Å². The van der Waals surface area contributed by atoms with Crippen LogP contribution in [0.4, 0.5) is 18.3 Å². The maximum Gasteiger partial charge on any atom is 0.573 e. The fourth-order valence-electron chi connectivity index (χ4n) is 2.07. The third-order valence-corrected chi connectivity index (χ3v) is 4.10. The number of hydrogen-bond acceptors (Lipinski definition) is 5. The molecule has 1 aromatic heterocycles. The van der Waals surface area contributed by atoms with E-state index < -0.39 is 6.36 Å². The van der Waals surface area contributed by atoms with Gasteiger partial charge < -0.3 is 9.64 Å². The van der Waals surface area contributed by atoms with Crippen LogP contribution < -0.4 is 9.64 Å². The number of halogens is 3. The van der Waals surface area contributed by atoms with Crippen LogP contribution >= 0.6 is 11.5 Å². The Balaban J connectivity index is 1.67. The number of hydrogen-bond donors (Lipinski definition) is 0. The smallest absolute Gasteiger partial charge is 0.406 e. The summed E-state index contributed by atoms with van der Waals surface area (Å²) in [5.41, 5.74) is 0.715. The van der Waals surface area contributed by atoms with Gasteiger partial charge in [-0.05, 0) is 30.5 Å². The van der Waals surface area contributed by atoms with Gasteiger partial charge in [0.1, 0.15) is 11.6 Å². The minimum atomic E-state index is -4.68. The molecule has 0 spiro atoms. The van der Waals surface area contributed by atoms with Crippen molar-refractivity contribution in [2.45, 2.75) is 31.7 Å². The van der Waals surface area contributed by atoms with Gasteiger partial charge in [-0.3, -0.25) is 0 Å². The number of alkyl halides is 3. The van der Waals surface area contributed by atoms with Crippen LogP contribution in [0.2, 0.25) is 0 Å². The first-order valence-electron chi connectivity index (χ1n) is 6.80. The molecule has 4 nitrogen and oxygen atoms in total. The lowest BCUT2D eigenvalue weighted by Crippen LogP contribution is -2.18. The van der Waals surface area contributed by atoms with E-state index in [1.807, 2.05) is 11.9 Å². The van der Waals surface area contributed by atoms with Crippen molar-refractivity contribution in [1.82, 2.24) is 9.36 Å². The number of nitrogens with zero attached hydrogens (tertiary/aromatic N) is 3. The maximum atomic E-state index is 12.2. The van der Waals surface area contributed by atoms with Crippen LogP contribution in [0.15, 0.2) is 24.3 Å². The van der Waals surface area contributed by atoms with E-state index in [9.17, 15) is 13.2 Å². The second-order valence-electron chi connectivity index (χ2n) is 5.26. The summed E-state index contributed by atoms with van der Waals surface area (Å²) < 4.78 is 45.0. The molecule has 1 aliphatic rings. The summed E-state index contributed by atoms with van der Waals surface area (Å²) >= 11 is 1.31. The number of rotatable bonds is 5. The lowest BCUT2D eigenvalue weighted by atomic mass is 10.2. The van der Waals surface area contributed by atoms with E-state index in [-0.39, 0.29) is 5.75 Å². The quantitative estimate of drug-likeness (QED) is 0.832. The standard InChI is InChI=1S/C14H14F3N3OS/c1-20(13-18-12(19-22-13)10-5-6-10)8-9-3-2-4-11(7-9)21-14(15,16)17/h2-4,7,10H,5-6,8H2,1H3. The van der Waals surface area contributed by atoms with E-state index in [1.165, 1.54) is 23.7 Å². The Morgan fingerprint density at radius 1 is 1.36 bits per heavy atom. The number of benzene rings is 1. The molecule has 0 aliphatic heterocycles. The highest BCUT2D eigenvalue weighted by Crippen LogP contribution is 2.39. The van der Waals surface area contributed by atoms with Gasteiger partial charge in [-0.1, -0.05) is 12.1 Å². The van der Waals surface area contributed by atoms with E-state index >= 15 is 0 Å². The average molecular weight is 329 g/mol. The minimum absolute atomic E-state index is 0.214. The highest BCUT2D eigenvalue weighted by atomic mass is 32.1. The molecule has 8 heteroatoms. The summed E-state index contributed by atoms with van der Waals surface area (Å²) in [6, 6.07) is 5.96. The fraction of sp³-hybridized carbons (Fsp3) is 0.429. The number of anilines is 1. The molecule has 0 amide bonds. The third kappa shape index (κ3) is 3.88. The molecule has 3 rings (SSSR count). The number of aromatic nitrogens is 2. The fourth-order valence-corrected chi connectivity index (χ4v) is 2.77. The molecular formula is C14H14F3N3OS. The van der Waals surface area contributed by atoms with Crippen molar-refractivity contribution in [3.63, 3.8) is 0 Å². The minimum Gasteiger partial charge on any atom is -0.406 e. The zero-order valence-corrected chi connectivity index (χ0v) is 12.6. The first-order valence-corrected chi connectivity index (χ1v) is 7.57. The predicted molar refractivity (Wildman–Crippen MR) is 77.1 cm³/mol. The zero-order valence-electron chi connectivity index (χ0n) is 11.8. The SMILES string of the molecule is CN(Cc1cccc(OC(F)(F)F)c1)c1nc(C2CC2)ns1. The molecule has 1 aliphatic carbocycles. The van der Waals surface area contributed by atoms with Crippen molar-refractivity contribution < 1.29 is 17.9 Å². The molecule has 0 N–H and O–H groups in total. The number of ether oxygens (including phenoxy) is 1. The molecule has 0 bridgehead atoms. The zero-order chi connectivity index (χ0) is 15.7. The van der Waals surface area contributed by atoms with Crippen molar-refractivity contribution in [3.05, 3.63) is 35.7 Å². The molecule has 0 radical (unpaired) electrons. The van der Waals surface area contributed by atoms with Gasteiger partial charge in [0.2, 0.25) is 5.13 Å². The summed E-state index contributed by atoms with van der Waals surface area (Å²) in [6.45, 7) is 0.439. The van der Waals surface area contributed by atoms with Crippen molar-refractivity contribution >= 4 is 16.7 Å². The molecule has 1 fully saturated rings. The van der Waals surface area contributed by atoms with Gasteiger partial charge >= 0.3 is 6.36 Å². The molecule has 1 saturated carbocycles. The van der Waals surface area contributed by atoms with E-state index in [2.05, 4.69) is 14.1 Å². The monoisotopic (exact) mass is 329 g/mol. The van der Waals surface area contributed by atoms with Gasteiger partial charge in [0.15, 0.2) is 0 Å². The van der Waals surface area contributed by atoms with Crippen molar-refractivity contribution in [2.75, 3.05) is 11.9 Å². The molecule has 22 heavy (non-hydrogen) atoms.